The number of amides is 1. The van der Waals surface area contributed by atoms with Crippen molar-refractivity contribution in [3.63, 3.8) is 0 Å². The molecule has 23 heavy (non-hydrogen) atoms. The van der Waals surface area contributed by atoms with Gasteiger partial charge in [-0.3, -0.25) is 4.79 Å². The van der Waals surface area contributed by atoms with Crippen molar-refractivity contribution >= 4 is 5.91 Å². The minimum atomic E-state index is -0.603. The molecular formula is C16H14FN5O. The van der Waals surface area contributed by atoms with Gasteiger partial charge in [0, 0.05) is 30.9 Å². The average Bonchev–Trinajstić information content (AvgIpc) is 3.03. The Bertz CT molecular complexity index is 759. The highest BCUT2D eigenvalue weighted by atomic mass is 19.1. The van der Waals surface area contributed by atoms with E-state index in [0.29, 0.717) is 30.8 Å². The number of carbonyl (C=O) groups excluding carboxylic acids is 1. The number of hydrogen-bond donors (Lipinski definition) is 1. The summed E-state index contributed by atoms with van der Waals surface area (Å²) in [7, 11) is 0. The lowest BCUT2D eigenvalue weighted by Gasteiger charge is -2.13. The minimum absolute atomic E-state index is 0.0155. The van der Waals surface area contributed by atoms with Crippen LogP contribution in [0.3, 0.4) is 0 Å². The van der Waals surface area contributed by atoms with Crippen molar-refractivity contribution in [2.75, 3.05) is 13.1 Å². The summed E-state index contributed by atoms with van der Waals surface area (Å²) in [6, 6.07) is 5.91. The Hall–Kier alpha value is -3.01. The minimum Gasteiger partial charge on any atom is -0.347 e. The fraction of sp³-hybridized carbons (Fsp3) is 0.250. The molecular weight excluding hydrogens is 297 g/mol. The number of nitrogens with one attached hydrogen (secondary N) is 1. The predicted octanol–water partition coefficient (Wildman–Crippen LogP) is 1.57. The number of aromatic nitrogens is 2. The molecule has 0 saturated carbocycles. The maximum atomic E-state index is 14.2. The van der Waals surface area contributed by atoms with Crippen LogP contribution < -0.4 is 5.32 Å². The molecule has 1 aromatic carbocycles. The molecule has 2 heterocycles. The molecule has 6 nitrogen and oxygen atoms in total. The summed E-state index contributed by atoms with van der Waals surface area (Å²) in [5, 5.41) is 11.6. The molecule has 0 radical (unpaired) electrons. The highest BCUT2D eigenvalue weighted by molar-refractivity contribution is 5.95. The first-order chi connectivity index (χ1) is 11.2. The number of rotatable bonds is 3. The number of benzene rings is 1. The second kappa shape index (κ2) is 6.40. The van der Waals surface area contributed by atoms with E-state index in [9.17, 15) is 9.18 Å². The molecule has 1 atom stereocenters. The lowest BCUT2D eigenvalue weighted by Crippen LogP contribution is -2.36. The second-order valence-corrected chi connectivity index (χ2v) is 5.29. The standard InChI is InChI=1S/C16H14FN5O/c17-14-7-11(15-3-5-19-10-20-15)1-2-13(14)16(23)21-12-4-6-22(8-12)9-18/h1-3,5,7,10,12H,4,6,8H2,(H,21,23). The lowest BCUT2D eigenvalue weighted by molar-refractivity contribution is 0.0935. The maximum absolute atomic E-state index is 14.2. The third kappa shape index (κ3) is 3.26. The van der Waals surface area contributed by atoms with Crippen molar-refractivity contribution in [1.29, 1.82) is 5.26 Å². The van der Waals surface area contributed by atoms with Crippen molar-refractivity contribution in [2.45, 2.75) is 12.5 Å². The fourth-order valence-corrected chi connectivity index (χ4v) is 2.55. The van der Waals surface area contributed by atoms with Crippen LogP contribution in [0.15, 0.2) is 36.8 Å². The Kier molecular flexibility index (Phi) is 4.15. The van der Waals surface area contributed by atoms with Crippen LogP contribution in [0, 0.1) is 17.3 Å². The maximum Gasteiger partial charge on any atom is 0.254 e. The fourth-order valence-electron chi connectivity index (χ4n) is 2.55. The van der Waals surface area contributed by atoms with Gasteiger partial charge < -0.3 is 10.2 Å². The van der Waals surface area contributed by atoms with Crippen molar-refractivity contribution in [2.24, 2.45) is 0 Å². The van der Waals surface area contributed by atoms with Crippen LogP contribution in [-0.2, 0) is 0 Å². The van der Waals surface area contributed by atoms with Crippen molar-refractivity contribution in [3.05, 3.63) is 48.2 Å². The number of halogens is 1. The average molecular weight is 311 g/mol. The van der Waals surface area contributed by atoms with Gasteiger partial charge in [0.1, 0.15) is 12.1 Å². The Morgan fingerprint density at radius 3 is 2.96 bits per heavy atom. The van der Waals surface area contributed by atoms with Crippen molar-refractivity contribution in [3.8, 4) is 17.5 Å². The van der Waals surface area contributed by atoms with E-state index in [-0.39, 0.29) is 11.6 Å². The first-order valence-corrected chi connectivity index (χ1v) is 7.19. The van der Waals surface area contributed by atoms with Gasteiger partial charge in [-0.2, -0.15) is 5.26 Å². The van der Waals surface area contributed by atoms with E-state index in [4.69, 9.17) is 5.26 Å². The van der Waals surface area contributed by atoms with Gasteiger partial charge in [-0.25, -0.2) is 14.4 Å². The van der Waals surface area contributed by atoms with Crippen LogP contribution >= 0.6 is 0 Å². The molecule has 3 rings (SSSR count). The smallest absolute Gasteiger partial charge is 0.254 e. The summed E-state index contributed by atoms with van der Waals surface area (Å²) in [6.45, 7) is 1.07. The van der Waals surface area contributed by atoms with E-state index >= 15 is 0 Å². The van der Waals surface area contributed by atoms with Crippen LogP contribution in [0.4, 0.5) is 4.39 Å². The van der Waals surface area contributed by atoms with Crippen molar-refractivity contribution < 1.29 is 9.18 Å². The molecule has 2 aromatic rings. The topological polar surface area (TPSA) is 81.9 Å². The Labute approximate surface area is 132 Å². The van der Waals surface area contributed by atoms with Crippen LogP contribution in [0.2, 0.25) is 0 Å². The molecule has 1 N–H and O–H groups in total. The number of hydrogen-bond acceptors (Lipinski definition) is 5. The Morgan fingerprint density at radius 1 is 1.43 bits per heavy atom. The quantitative estimate of drug-likeness (QED) is 0.870. The molecule has 1 fully saturated rings. The summed E-state index contributed by atoms with van der Waals surface area (Å²) in [4.78, 5) is 21.6. The molecule has 7 heteroatoms. The zero-order chi connectivity index (χ0) is 16.2. The van der Waals surface area contributed by atoms with E-state index in [0.717, 1.165) is 0 Å². The predicted molar refractivity (Wildman–Crippen MR) is 80.5 cm³/mol. The van der Waals surface area contributed by atoms with E-state index in [1.165, 1.54) is 18.5 Å². The normalized spacial score (nSPS) is 16.9. The molecule has 116 valence electrons. The third-order valence-electron chi connectivity index (χ3n) is 3.76. The van der Waals surface area contributed by atoms with Gasteiger partial charge >= 0.3 is 0 Å². The summed E-state index contributed by atoms with van der Waals surface area (Å²) in [5.41, 5.74) is 1.16. The van der Waals surface area contributed by atoms with Gasteiger partial charge in [0.2, 0.25) is 0 Å². The van der Waals surface area contributed by atoms with E-state index in [1.807, 2.05) is 6.19 Å². The molecule has 0 bridgehead atoms. The number of carbonyl (C=O) groups is 1. The highest BCUT2D eigenvalue weighted by Crippen LogP contribution is 2.20. The molecule has 1 saturated heterocycles. The van der Waals surface area contributed by atoms with E-state index in [2.05, 4.69) is 15.3 Å². The molecule has 1 aromatic heterocycles. The number of likely N-dealkylation sites (tertiary alicyclic amines) is 1. The molecule has 1 aliphatic heterocycles. The second-order valence-electron chi connectivity index (χ2n) is 5.29. The number of nitriles is 1. The van der Waals surface area contributed by atoms with Gasteiger partial charge in [-0.05, 0) is 24.6 Å². The van der Waals surface area contributed by atoms with Gasteiger partial charge in [0.15, 0.2) is 6.19 Å². The zero-order valence-corrected chi connectivity index (χ0v) is 12.2. The van der Waals surface area contributed by atoms with Crippen LogP contribution in [0.25, 0.3) is 11.3 Å². The highest BCUT2D eigenvalue weighted by Gasteiger charge is 2.24. The monoisotopic (exact) mass is 311 g/mol. The summed E-state index contributed by atoms with van der Waals surface area (Å²) in [6.07, 6.45) is 5.68. The summed E-state index contributed by atoms with van der Waals surface area (Å²) >= 11 is 0. The molecule has 0 spiro atoms. The Morgan fingerprint density at radius 2 is 2.30 bits per heavy atom. The summed E-state index contributed by atoms with van der Waals surface area (Å²) in [5.74, 6) is -1.07. The van der Waals surface area contributed by atoms with Gasteiger partial charge in [0.05, 0.1) is 11.3 Å². The van der Waals surface area contributed by atoms with E-state index < -0.39 is 11.7 Å². The molecule has 1 unspecified atom stereocenters. The molecule has 1 amide bonds. The van der Waals surface area contributed by atoms with Gasteiger partial charge in [-0.1, -0.05) is 6.07 Å². The lowest BCUT2D eigenvalue weighted by atomic mass is 10.1. The third-order valence-corrected chi connectivity index (χ3v) is 3.76. The van der Waals surface area contributed by atoms with Crippen molar-refractivity contribution in [1.82, 2.24) is 20.2 Å². The van der Waals surface area contributed by atoms with Gasteiger partial charge in [0.25, 0.3) is 5.91 Å². The molecule has 1 aliphatic rings. The zero-order valence-electron chi connectivity index (χ0n) is 12.2. The number of nitrogens with zero attached hydrogens (tertiary/aromatic N) is 4. The van der Waals surface area contributed by atoms with E-state index in [1.54, 1.807) is 23.2 Å². The van der Waals surface area contributed by atoms with Gasteiger partial charge in [-0.15, -0.1) is 0 Å². The first-order valence-electron chi connectivity index (χ1n) is 7.19. The first kappa shape index (κ1) is 14.9. The van der Waals surface area contributed by atoms with Crippen LogP contribution in [0.1, 0.15) is 16.8 Å². The Balaban J connectivity index is 1.73. The largest absolute Gasteiger partial charge is 0.347 e. The van der Waals surface area contributed by atoms with Crippen LogP contribution in [-0.4, -0.2) is 39.9 Å². The summed E-state index contributed by atoms with van der Waals surface area (Å²) < 4.78 is 14.2. The van der Waals surface area contributed by atoms with Crippen LogP contribution in [0.5, 0.6) is 0 Å². The SMILES string of the molecule is N#CN1CCC(NC(=O)c2ccc(-c3ccncn3)cc2F)C1. The molecule has 0 aliphatic carbocycles.